The molecule has 1 saturated carbocycles. The number of hydrogen-bond acceptors (Lipinski definition) is 3. The summed E-state index contributed by atoms with van der Waals surface area (Å²) in [6.07, 6.45) is 5.47. The van der Waals surface area contributed by atoms with Crippen molar-refractivity contribution >= 4 is 15.7 Å². The van der Waals surface area contributed by atoms with Crippen LogP contribution in [0, 0.1) is 0 Å². The van der Waals surface area contributed by atoms with E-state index in [0.29, 0.717) is 6.54 Å². The van der Waals surface area contributed by atoms with Crippen LogP contribution >= 0.6 is 0 Å². The SMILES string of the molecule is CCN(C(=O)CS(=O)(=O)Cc1ccccc1)C1CCCCC1. The molecule has 0 atom stereocenters. The van der Waals surface area contributed by atoms with E-state index in [-0.39, 0.29) is 23.5 Å². The molecule has 0 aliphatic heterocycles. The highest BCUT2D eigenvalue weighted by atomic mass is 32.2. The Morgan fingerprint density at radius 2 is 1.77 bits per heavy atom. The van der Waals surface area contributed by atoms with E-state index in [0.717, 1.165) is 31.2 Å². The van der Waals surface area contributed by atoms with Crippen molar-refractivity contribution < 1.29 is 13.2 Å². The van der Waals surface area contributed by atoms with Gasteiger partial charge in [-0.25, -0.2) is 8.42 Å². The maximum absolute atomic E-state index is 12.4. The first-order valence-corrected chi connectivity index (χ1v) is 9.88. The number of amides is 1. The first kappa shape index (κ1) is 17.0. The minimum absolute atomic E-state index is 0.0677. The fourth-order valence-corrected chi connectivity index (χ4v) is 4.53. The molecule has 0 N–H and O–H groups in total. The number of hydrogen-bond donors (Lipinski definition) is 0. The van der Waals surface area contributed by atoms with Gasteiger partial charge in [0.2, 0.25) is 5.91 Å². The average Bonchev–Trinajstić information content (AvgIpc) is 2.49. The summed E-state index contributed by atoms with van der Waals surface area (Å²) in [5.74, 6) is -0.695. The zero-order chi connectivity index (χ0) is 16.0. The standard InChI is InChI=1S/C17H25NO3S/c1-2-18(16-11-7-4-8-12-16)17(19)14-22(20,21)13-15-9-5-3-6-10-15/h3,5-6,9-10,16H,2,4,7-8,11-14H2,1H3. The van der Waals surface area contributed by atoms with E-state index in [1.807, 2.05) is 25.1 Å². The molecular formula is C17H25NO3S. The fraction of sp³-hybridized carbons (Fsp3) is 0.588. The summed E-state index contributed by atoms with van der Waals surface area (Å²) in [4.78, 5) is 14.2. The Morgan fingerprint density at radius 1 is 1.14 bits per heavy atom. The lowest BCUT2D eigenvalue weighted by molar-refractivity contribution is -0.131. The van der Waals surface area contributed by atoms with Crippen LogP contribution in [-0.4, -0.2) is 37.6 Å². The molecule has 0 aromatic heterocycles. The van der Waals surface area contributed by atoms with Crippen molar-refractivity contribution in [3.63, 3.8) is 0 Å². The van der Waals surface area contributed by atoms with Gasteiger partial charge in [0.15, 0.2) is 9.84 Å². The Bertz CT molecular complexity index is 577. The molecule has 122 valence electrons. The first-order chi connectivity index (χ1) is 10.5. The molecule has 0 bridgehead atoms. The van der Waals surface area contributed by atoms with Crippen molar-refractivity contribution in [1.82, 2.24) is 4.90 Å². The Morgan fingerprint density at radius 3 is 2.36 bits per heavy atom. The molecule has 1 fully saturated rings. The summed E-state index contributed by atoms with van der Waals surface area (Å²) >= 11 is 0. The summed E-state index contributed by atoms with van der Waals surface area (Å²) in [6.45, 7) is 2.51. The Hall–Kier alpha value is -1.36. The highest BCUT2D eigenvalue weighted by Crippen LogP contribution is 2.23. The third kappa shape index (κ3) is 4.83. The van der Waals surface area contributed by atoms with Gasteiger partial charge in [0.25, 0.3) is 0 Å². The summed E-state index contributed by atoms with van der Waals surface area (Å²) in [5.41, 5.74) is 0.732. The van der Waals surface area contributed by atoms with Gasteiger partial charge in [0.1, 0.15) is 5.75 Å². The second-order valence-electron chi connectivity index (χ2n) is 5.99. The third-order valence-electron chi connectivity index (χ3n) is 4.25. The van der Waals surface area contributed by atoms with Gasteiger partial charge in [-0.05, 0) is 25.3 Å². The Balaban J connectivity index is 1.99. The zero-order valence-corrected chi connectivity index (χ0v) is 14.0. The highest BCUT2D eigenvalue weighted by molar-refractivity contribution is 7.91. The van der Waals surface area contributed by atoms with Gasteiger partial charge >= 0.3 is 0 Å². The number of carbonyl (C=O) groups excluding carboxylic acids is 1. The second kappa shape index (κ2) is 7.77. The van der Waals surface area contributed by atoms with Gasteiger partial charge in [-0.3, -0.25) is 4.79 Å². The zero-order valence-electron chi connectivity index (χ0n) is 13.2. The lowest BCUT2D eigenvalue weighted by atomic mass is 9.94. The number of sulfone groups is 1. The number of rotatable bonds is 6. The van der Waals surface area contributed by atoms with Crippen molar-refractivity contribution in [2.24, 2.45) is 0 Å². The predicted octanol–water partition coefficient (Wildman–Crippen LogP) is 2.78. The van der Waals surface area contributed by atoms with Crippen molar-refractivity contribution in [2.75, 3.05) is 12.3 Å². The van der Waals surface area contributed by atoms with Crippen molar-refractivity contribution in [3.8, 4) is 0 Å². The van der Waals surface area contributed by atoms with E-state index in [1.165, 1.54) is 6.42 Å². The van der Waals surface area contributed by atoms with Gasteiger partial charge in [-0.1, -0.05) is 49.6 Å². The van der Waals surface area contributed by atoms with Crippen LogP contribution < -0.4 is 0 Å². The van der Waals surface area contributed by atoms with Crippen molar-refractivity contribution in [3.05, 3.63) is 35.9 Å². The van der Waals surface area contributed by atoms with Crippen LogP contribution in [0.1, 0.15) is 44.6 Å². The van der Waals surface area contributed by atoms with Crippen LogP contribution in [-0.2, 0) is 20.4 Å². The minimum atomic E-state index is -3.42. The molecule has 0 spiro atoms. The average molecular weight is 323 g/mol. The number of benzene rings is 1. The monoisotopic (exact) mass is 323 g/mol. The maximum Gasteiger partial charge on any atom is 0.238 e. The maximum atomic E-state index is 12.4. The topological polar surface area (TPSA) is 54.5 Å². The Labute approximate surface area is 133 Å². The molecule has 0 unspecified atom stereocenters. The molecule has 0 radical (unpaired) electrons. The molecule has 5 heteroatoms. The Kier molecular flexibility index (Phi) is 6.00. The van der Waals surface area contributed by atoms with Gasteiger partial charge < -0.3 is 4.90 Å². The van der Waals surface area contributed by atoms with E-state index in [1.54, 1.807) is 17.0 Å². The van der Waals surface area contributed by atoms with Gasteiger partial charge in [-0.15, -0.1) is 0 Å². The molecule has 4 nitrogen and oxygen atoms in total. The minimum Gasteiger partial charge on any atom is -0.339 e. The first-order valence-electron chi connectivity index (χ1n) is 8.05. The van der Waals surface area contributed by atoms with Crippen LogP contribution in [0.3, 0.4) is 0 Å². The van der Waals surface area contributed by atoms with Crippen LogP contribution in [0.5, 0.6) is 0 Å². The molecule has 22 heavy (non-hydrogen) atoms. The highest BCUT2D eigenvalue weighted by Gasteiger charge is 2.27. The lowest BCUT2D eigenvalue weighted by Gasteiger charge is -2.33. The third-order valence-corrected chi connectivity index (χ3v) is 5.71. The van der Waals surface area contributed by atoms with Crippen LogP contribution in [0.25, 0.3) is 0 Å². The molecule has 1 aromatic rings. The molecule has 1 aliphatic carbocycles. The van der Waals surface area contributed by atoms with Gasteiger partial charge in [0.05, 0.1) is 5.75 Å². The fourth-order valence-electron chi connectivity index (χ4n) is 3.18. The van der Waals surface area contributed by atoms with Crippen molar-refractivity contribution in [1.29, 1.82) is 0 Å². The van der Waals surface area contributed by atoms with Crippen LogP contribution in [0.2, 0.25) is 0 Å². The van der Waals surface area contributed by atoms with E-state index in [2.05, 4.69) is 0 Å². The lowest BCUT2D eigenvalue weighted by Crippen LogP contribution is -2.44. The molecular weight excluding hydrogens is 298 g/mol. The van der Waals surface area contributed by atoms with Gasteiger partial charge in [-0.2, -0.15) is 0 Å². The molecule has 0 heterocycles. The molecule has 2 rings (SSSR count). The quantitative estimate of drug-likeness (QED) is 0.809. The molecule has 1 amide bonds. The normalized spacial score (nSPS) is 16.4. The second-order valence-corrected chi connectivity index (χ2v) is 8.05. The van der Waals surface area contributed by atoms with E-state index >= 15 is 0 Å². The molecule has 1 aromatic carbocycles. The predicted molar refractivity (Wildman–Crippen MR) is 88.2 cm³/mol. The summed E-state index contributed by atoms with van der Waals surface area (Å²) < 4.78 is 24.5. The number of carbonyl (C=O) groups is 1. The van der Waals surface area contributed by atoms with E-state index in [9.17, 15) is 13.2 Å². The summed E-state index contributed by atoms with van der Waals surface area (Å²) in [5, 5.41) is 0. The summed E-state index contributed by atoms with van der Waals surface area (Å²) in [7, 11) is -3.42. The molecule has 0 saturated heterocycles. The van der Waals surface area contributed by atoms with Crippen LogP contribution in [0.15, 0.2) is 30.3 Å². The number of nitrogens with zero attached hydrogens (tertiary/aromatic N) is 1. The van der Waals surface area contributed by atoms with E-state index < -0.39 is 9.84 Å². The summed E-state index contributed by atoms with van der Waals surface area (Å²) in [6, 6.07) is 9.25. The van der Waals surface area contributed by atoms with Crippen LogP contribution in [0.4, 0.5) is 0 Å². The van der Waals surface area contributed by atoms with E-state index in [4.69, 9.17) is 0 Å². The van der Waals surface area contributed by atoms with Gasteiger partial charge in [0, 0.05) is 12.6 Å². The van der Waals surface area contributed by atoms with Crippen molar-refractivity contribution in [2.45, 2.75) is 50.8 Å². The molecule has 1 aliphatic rings. The largest absolute Gasteiger partial charge is 0.339 e. The smallest absolute Gasteiger partial charge is 0.238 e.